The van der Waals surface area contributed by atoms with Gasteiger partial charge in [-0.1, -0.05) is 18.2 Å². The minimum absolute atomic E-state index is 0.130. The quantitative estimate of drug-likeness (QED) is 0.616. The van der Waals surface area contributed by atoms with E-state index < -0.39 is 32.4 Å². The fourth-order valence-electron chi connectivity index (χ4n) is 2.84. The van der Waals surface area contributed by atoms with Gasteiger partial charge in [-0.05, 0) is 30.3 Å². The molecule has 2 aromatic carbocycles. The van der Waals surface area contributed by atoms with Gasteiger partial charge in [0.1, 0.15) is 6.54 Å². The van der Waals surface area contributed by atoms with Crippen LogP contribution in [0.4, 0.5) is 14.5 Å². The molecule has 0 saturated carbocycles. The van der Waals surface area contributed by atoms with Crippen LogP contribution in [-0.2, 0) is 25.9 Å². The Balaban J connectivity index is 1.79. The SMILES string of the molecule is COC(=O)c1cn(CC(=O)Nc2ccc(S(=O)(=O)C(F)F)cc2)c2ccccc12. The molecule has 0 unspecified atom stereocenters. The van der Waals surface area contributed by atoms with Crippen LogP contribution in [0.15, 0.2) is 59.6 Å². The molecule has 7 nitrogen and oxygen atoms in total. The van der Waals surface area contributed by atoms with Gasteiger partial charge in [0.25, 0.3) is 0 Å². The summed E-state index contributed by atoms with van der Waals surface area (Å²) in [7, 11) is -3.43. The number of halogens is 2. The molecule has 0 saturated heterocycles. The number of hydrogen-bond acceptors (Lipinski definition) is 5. The first-order valence-electron chi connectivity index (χ1n) is 8.32. The Morgan fingerprint density at radius 1 is 1.10 bits per heavy atom. The number of hydrogen-bond donors (Lipinski definition) is 1. The van der Waals surface area contributed by atoms with Crippen LogP contribution in [0.2, 0.25) is 0 Å². The monoisotopic (exact) mass is 422 g/mol. The summed E-state index contributed by atoms with van der Waals surface area (Å²) in [4.78, 5) is 23.8. The summed E-state index contributed by atoms with van der Waals surface area (Å²) in [5, 5.41) is 3.19. The molecule has 1 N–H and O–H groups in total. The van der Waals surface area contributed by atoms with E-state index in [1.807, 2.05) is 0 Å². The number of carbonyl (C=O) groups excluding carboxylic acids is 2. The van der Waals surface area contributed by atoms with Gasteiger partial charge in [0, 0.05) is 22.8 Å². The van der Waals surface area contributed by atoms with Crippen molar-refractivity contribution in [1.29, 1.82) is 0 Å². The number of nitrogens with zero attached hydrogens (tertiary/aromatic N) is 1. The highest BCUT2D eigenvalue weighted by Gasteiger charge is 2.26. The van der Waals surface area contributed by atoms with E-state index in [-0.39, 0.29) is 12.2 Å². The number of rotatable bonds is 6. The van der Waals surface area contributed by atoms with Gasteiger partial charge in [-0.15, -0.1) is 0 Å². The van der Waals surface area contributed by atoms with Crippen LogP contribution < -0.4 is 5.32 Å². The maximum absolute atomic E-state index is 12.6. The second-order valence-corrected chi connectivity index (χ2v) is 7.98. The number of sulfone groups is 1. The lowest BCUT2D eigenvalue weighted by Crippen LogP contribution is -2.18. The third kappa shape index (κ3) is 4.11. The molecule has 152 valence electrons. The van der Waals surface area contributed by atoms with Crippen LogP contribution in [0, 0.1) is 0 Å². The van der Waals surface area contributed by atoms with Crippen molar-refractivity contribution in [2.45, 2.75) is 17.2 Å². The Morgan fingerprint density at radius 2 is 1.76 bits per heavy atom. The molecule has 0 aliphatic heterocycles. The molecule has 1 heterocycles. The third-order valence-electron chi connectivity index (χ3n) is 4.21. The summed E-state index contributed by atoms with van der Waals surface area (Å²) in [6.45, 7) is -0.130. The van der Waals surface area contributed by atoms with E-state index in [0.717, 1.165) is 12.1 Å². The molecule has 1 aromatic heterocycles. The molecule has 29 heavy (non-hydrogen) atoms. The smallest absolute Gasteiger partial charge is 0.341 e. The van der Waals surface area contributed by atoms with Crippen molar-refractivity contribution < 1.29 is 31.5 Å². The number of para-hydroxylation sites is 1. The standard InChI is InChI=1S/C19H16F2N2O5S/c1-28-18(25)15-10-23(16-5-3-2-4-14(15)16)11-17(24)22-12-6-8-13(9-7-12)29(26,27)19(20)21/h2-10,19H,11H2,1H3,(H,22,24). The Morgan fingerprint density at radius 3 is 2.38 bits per heavy atom. The largest absolute Gasteiger partial charge is 0.465 e. The van der Waals surface area contributed by atoms with E-state index in [2.05, 4.69) is 5.32 Å². The number of nitrogens with one attached hydrogen (secondary N) is 1. The zero-order valence-electron chi connectivity index (χ0n) is 15.1. The number of carbonyl (C=O) groups is 2. The minimum Gasteiger partial charge on any atom is -0.465 e. The van der Waals surface area contributed by atoms with Crippen molar-refractivity contribution in [2.24, 2.45) is 0 Å². The molecule has 0 atom stereocenters. The van der Waals surface area contributed by atoms with Gasteiger partial charge in [-0.25, -0.2) is 13.2 Å². The fourth-order valence-corrected chi connectivity index (χ4v) is 3.56. The number of fused-ring (bicyclic) bond motifs is 1. The highest BCUT2D eigenvalue weighted by Crippen LogP contribution is 2.23. The second-order valence-electron chi connectivity index (χ2n) is 6.06. The molecule has 0 aliphatic rings. The first-order valence-corrected chi connectivity index (χ1v) is 9.87. The third-order valence-corrected chi connectivity index (χ3v) is 5.61. The molecule has 3 aromatic rings. The second kappa shape index (κ2) is 8.00. The van der Waals surface area contributed by atoms with Gasteiger partial charge in [0.15, 0.2) is 0 Å². The molecule has 1 amide bonds. The summed E-state index contributed by atoms with van der Waals surface area (Å²) in [6, 6.07) is 11.4. The van der Waals surface area contributed by atoms with Crippen molar-refractivity contribution in [1.82, 2.24) is 4.57 Å². The lowest BCUT2D eigenvalue weighted by atomic mass is 10.2. The van der Waals surface area contributed by atoms with Gasteiger partial charge in [0.2, 0.25) is 15.7 Å². The Labute approximate surface area is 164 Å². The van der Waals surface area contributed by atoms with Crippen molar-refractivity contribution in [3.63, 3.8) is 0 Å². The van der Waals surface area contributed by atoms with Crippen molar-refractivity contribution >= 4 is 38.3 Å². The molecular weight excluding hydrogens is 406 g/mol. The molecule has 0 radical (unpaired) electrons. The van der Waals surface area contributed by atoms with E-state index in [0.29, 0.717) is 16.5 Å². The molecule has 0 spiro atoms. The van der Waals surface area contributed by atoms with Gasteiger partial charge in [-0.2, -0.15) is 8.78 Å². The molecule has 0 aliphatic carbocycles. The Kier molecular flexibility index (Phi) is 5.64. The number of benzene rings is 2. The molecule has 0 bridgehead atoms. The van der Waals surface area contributed by atoms with Crippen molar-refractivity contribution in [3.05, 3.63) is 60.3 Å². The highest BCUT2D eigenvalue weighted by atomic mass is 32.2. The summed E-state index contributed by atoms with van der Waals surface area (Å²) in [5.41, 5.74) is 1.21. The maximum atomic E-state index is 12.6. The van der Waals surface area contributed by atoms with Crippen LogP contribution in [0.3, 0.4) is 0 Å². The number of aromatic nitrogens is 1. The first kappa shape index (κ1) is 20.5. The number of anilines is 1. The summed E-state index contributed by atoms with van der Waals surface area (Å²) in [6.07, 6.45) is 1.51. The predicted molar refractivity (Wildman–Crippen MR) is 102 cm³/mol. The summed E-state index contributed by atoms with van der Waals surface area (Å²) in [5.74, 6) is -4.50. The van der Waals surface area contributed by atoms with Crippen LogP contribution in [-0.4, -0.2) is 37.7 Å². The zero-order valence-corrected chi connectivity index (χ0v) is 15.9. The summed E-state index contributed by atoms with van der Waals surface area (Å²) >= 11 is 0. The number of methoxy groups -OCH3 is 1. The topological polar surface area (TPSA) is 94.5 Å². The Hall–Kier alpha value is -3.27. The van der Waals surface area contributed by atoms with Crippen LogP contribution in [0.1, 0.15) is 10.4 Å². The predicted octanol–water partition coefficient (Wildman–Crippen LogP) is 3.06. The lowest BCUT2D eigenvalue weighted by molar-refractivity contribution is -0.116. The maximum Gasteiger partial charge on any atom is 0.341 e. The first-order chi connectivity index (χ1) is 13.7. The zero-order chi connectivity index (χ0) is 21.2. The fraction of sp³-hybridized carbons (Fsp3) is 0.158. The number of ether oxygens (including phenoxy) is 1. The van der Waals surface area contributed by atoms with Crippen molar-refractivity contribution in [3.8, 4) is 0 Å². The molecular formula is C19H16F2N2O5S. The normalized spacial score (nSPS) is 11.6. The van der Waals surface area contributed by atoms with Gasteiger partial charge in [-0.3, -0.25) is 4.79 Å². The van der Waals surface area contributed by atoms with E-state index in [4.69, 9.17) is 4.74 Å². The van der Waals surface area contributed by atoms with E-state index in [1.165, 1.54) is 25.4 Å². The minimum atomic E-state index is -4.70. The lowest BCUT2D eigenvalue weighted by Gasteiger charge is -2.08. The highest BCUT2D eigenvalue weighted by molar-refractivity contribution is 7.91. The van der Waals surface area contributed by atoms with E-state index in [1.54, 1.807) is 28.8 Å². The number of alkyl halides is 2. The van der Waals surface area contributed by atoms with Crippen LogP contribution in [0.5, 0.6) is 0 Å². The average molecular weight is 422 g/mol. The van der Waals surface area contributed by atoms with Crippen LogP contribution in [0.25, 0.3) is 10.9 Å². The van der Waals surface area contributed by atoms with E-state index in [9.17, 15) is 26.8 Å². The van der Waals surface area contributed by atoms with Crippen molar-refractivity contribution in [2.75, 3.05) is 12.4 Å². The van der Waals surface area contributed by atoms with Gasteiger partial charge < -0.3 is 14.6 Å². The molecule has 0 fully saturated rings. The van der Waals surface area contributed by atoms with Gasteiger partial charge >= 0.3 is 11.7 Å². The number of esters is 1. The average Bonchev–Trinajstić information content (AvgIpc) is 3.06. The molecule has 10 heteroatoms. The van der Waals surface area contributed by atoms with Gasteiger partial charge in [0.05, 0.1) is 17.6 Å². The Bertz CT molecular complexity index is 1170. The van der Waals surface area contributed by atoms with E-state index >= 15 is 0 Å². The van der Waals surface area contributed by atoms with Crippen LogP contribution >= 0.6 is 0 Å². The molecule has 3 rings (SSSR count). The summed E-state index contributed by atoms with van der Waals surface area (Å²) < 4.78 is 54.3. The number of amides is 1.